The van der Waals surface area contributed by atoms with Crippen molar-refractivity contribution in [2.24, 2.45) is 0 Å². The molecule has 0 bridgehead atoms. The van der Waals surface area contributed by atoms with Crippen molar-refractivity contribution in [1.29, 1.82) is 0 Å². The number of thioether (sulfide) groups is 2. The average molecular weight is 315 g/mol. The maximum Gasteiger partial charge on any atom is 0.0217 e. The lowest BCUT2D eigenvalue weighted by Gasteiger charge is -2.15. The van der Waals surface area contributed by atoms with E-state index >= 15 is 0 Å². The van der Waals surface area contributed by atoms with E-state index in [0.717, 1.165) is 11.1 Å². The van der Waals surface area contributed by atoms with Gasteiger partial charge in [0.2, 0.25) is 0 Å². The van der Waals surface area contributed by atoms with E-state index in [2.05, 4.69) is 39.8 Å². The van der Waals surface area contributed by atoms with Gasteiger partial charge in [0.1, 0.15) is 0 Å². The first-order valence-corrected chi connectivity index (χ1v) is 8.59. The lowest BCUT2D eigenvalue weighted by Crippen LogP contribution is -1.97. The minimum atomic E-state index is 0.563. The maximum absolute atomic E-state index is 5.07. The third-order valence-electron chi connectivity index (χ3n) is 2.13. The molecule has 0 aromatic heterocycles. The van der Waals surface area contributed by atoms with E-state index in [1.807, 2.05) is 23.5 Å². The molecule has 98 valence electrons. The van der Waals surface area contributed by atoms with Gasteiger partial charge >= 0.3 is 0 Å². The molecule has 0 aliphatic carbocycles. The van der Waals surface area contributed by atoms with Crippen molar-refractivity contribution in [2.45, 2.75) is 48.0 Å². The van der Waals surface area contributed by atoms with Gasteiger partial charge in [-0.2, -0.15) is 0 Å². The Morgan fingerprint density at radius 1 is 0.833 bits per heavy atom. The van der Waals surface area contributed by atoms with E-state index < -0.39 is 0 Å². The van der Waals surface area contributed by atoms with E-state index in [0.29, 0.717) is 10.5 Å². The van der Waals surface area contributed by atoms with Crippen LogP contribution in [0.4, 0.5) is 0 Å². The van der Waals surface area contributed by atoms with E-state index in [1.165, 1.54) is 9.79 Å². The summed E-state index contributed by atoms with van der Waals surface area (Å²) >= 11 is 13.9. The van der Waals surface area contributed by atoms with Crippen molar-refractivity contribution in [2.75, 3.05) is 0 Å². The first-order valence-electron chi connectivity index (χ1n) is 5.89. The zero-order valence-corrected chi connectivity index (χ0v) is 14.4. The molecule has 0 saturated heterocycles. The van der Waals surface area contributed by atoms with E-state index in [9.17, 15) is 0 Å². The number of hydrogen-bond donors (Lipinski definition) is 0. The molecule has 0 saturated carbocycles. The summed E-state index contributed by atoms with van der Waals surface area (Å²) in [7, 11) is 0. The molecule has 0 unspecified atom stereocenters. The third kappa shape index (κ3) is 4.65. The molecule has 1 rings (SSSR count). The second-order valence-electron chi connectivity index (χ2n) is 4.50. The zero-order valence-electron chi connectivity index (χ0n) is 11.1. The fraction of sp³-hybridized carbons (Fsp3) is 0.429. The fourth-order valence-electron chi connectivity index (χ4n) is 1.49. The molecule has 0 nitrogen and oxygen atoms in total. The second kappa shape index (κ2) is 7.63. The molecule has 18 heavy (non-hydrogen) atoms. The largest absolute Gasteiger partial charge is 0.122 e. The van der Waals surface area contributed by atoms with Gasteiger partial charge in [0.25, 0.3) is 0 Å². The molecule has 4 heteroatoms. The van der Waals surface area contributed by atoms with Gasteiger partial charge in [0.05, 0.1) is 0 Å². The summed E-state index contributed by atoms with van der Waals surface area (Å²) in [6.07, 6.45) is 0. The van der Waals surface area contributed by atoms with Crippen LogP contribution in [0.5, 0.6) is 0 Å². The lowest BCUT2D eigenvalue weighted by atomic mass is 10.1. The lowest BCUT2D eigenvalue weighted by molar-refractivity contribution is 1.08. The smallest absolute Gasteiger partial charge is 0.0217 e. The Bertz CT molecular complexity index is 395. The van der Waals surface area contributed by atoms with Crippen molar-refractivity contribution >= 4 is 58.7 Å². The highest BCUT2D eigenvalue weighted by Gasteiger charge is 2.11. The summed E-state index contributed by atoms with van der Waals surface area (Å²) in [4.78, 5) is 2.61. The highest BCUT2D eigenvalue weighted by atomic mass is 32.2. The monoisotopic (exact) mass is 314 g/mol. The van der Waals surface area contributed by atoms with E-state index in [4.69, 9.17) is 24.4 Å². The predicted molar refractivity (Wildman–Crippen MR) is 93.9 cm³/mol. The van der Waals surface area contributed by atoms with Crippen LogP contribution in [0.15, 0.2) is 21.9 Å². The highest BCUT2D eigenvalue weighted by molar-refractivity contribution is 8.02. The van der Waals surface area contributed by atoms with Gasteiger partial charge in [0.15, 0.2) is 0 Å². The minimum Gasteiger partial charge on any atom is -0.122 e. The Hall–Kier alpha value is 0.1000. The van der Waals surface area contributed by atoms with Gasteiger partial charge in [-0.1, -0.05) is 52.1 Å². The van der Waals surface area contributed by atoms with Crippen molar-refractivity contribution in [3.05, 3.63) is 23.3 Å². The van der Waals surface area contributed by atoms with Crippen LogP contribution >= 0.6 is 48.0 Å². The van der Waals surface area contributed by atoms with Gasteiger partial charge in [-0.25, -0.2) is 0 Å². The average Bonchev–Trinajstić information content (AvgIpc) is 2.29. The second-order valence-corrected chi connectivity index (χ2v) is 8.20. The van der Waals surface area contributed by atoms with E-state index in [-0.39, 0.29) is 0 Å². The first kappa shape index (κ1) is 16.2. The molecule has 0 amide bonds. The van der Waals surface area contributed by atoms with Gasteiger partial charge in [-0.05, 0) is 23.3 Å². The quantitative estimate of drug-likeness (QED) is 0.510. The summed E-state index contributed by atoms with van der Waals surface area (Å²) in [6, 6.07) is 4.33. The van der Waals surface area contributed by atoms with Crippen molar-refractivity contribution in [3.63, 3.8) is 0 Å². The van der Waals surface area contributed by atoms with Crippen molar-refractivity contribution < 1.29 is 0 Å². The summed E-state index contributed by atoms with van der Waals surface area (Å²) < 4.78 is 0. The normalized spacial score (nSPS) is 11.0. The zero-order chi connectivity index (χ0) is 13.7. The van der Waals surface area contributed by atoms with Crippen molar-refractivity contribution in [3.8, 4) is 0 Å². The van der Waals surface area contributed by atoms with Crippen LogP contribution < -0.4 is 0 Å². The van der Waals surface area contributed by atoms with Crippen LogP contribution in [0, 0.1) is 0 Å². The SMILES string of the molecule is CC(C)Sc1cc(C=S)c(C=S)cc1SC(C)C. The molecule has 0 atom stereocenters. The topological polar surface area (TPSA) is 0 Å². The molecule has 1 aromatic carbocycles. The summed E-state index contributed by atoms with van der Waals surface area (Å²) in [6.45, 7) is 8.83. The summed E-state index contributed by atoms with van der Waals surface area (Å²) in [5.74, 6) is 0. The van der Waals surface area contributed by atoms with Crippen LogP contribution in [0.25, 0.3) is 0 Å². The Balaban J connectivity index is 3.25. The molecule has 0 heterocycles. The summed E-state index contributed by atoms with van der Waals surface area (Å²) in [5, 5.41) is 4.55. The van der Waals surface area contributed by atoms with Crippen LogP contribution in [-0.2, 0) is 0 Å². The Morgan fingerprint density at radius 3 is 1.39 bits per heavy atom. The third-order valence-corrected chi connectivity index (χ3v) is 4.89. The predicted octanol–water partition coefficient (Wildman–Crippen LogP) is 5.38. The maximum atomic E-state index is 5.07. The molecule has 0 aliphatic heterocycles. The molecule has 0 N–H and O–H groups in total. The number of rotatable bonds is 6. The Kier molecular flexibility index (Phi) is 6.85. The summed E-state index contributed by atoms with van der Waals surface area (Å²) in [5.41, 5.74) is 2.10. The Morgan fingerprint density at radius 2 is 1.17 bits per heavy atom. The van der Waals surface area contributed by atoms with Gasteiger partial charge < -0.3 is 0 Å². The molecule has 0 radical (unpaired) electrons. The molecule has 0 aliphatic rings. The van der Waals surface area contributed by atoms with Crippen LogP contribution in [0.3, 0.4) is 0 Å². The molecular weight excluding hydrogens is 296 g/mol. The van der Waals surface area contributed by atoms with Crippen LogP contribution in [0.1, 0.15) is 38.8 Å². The van der Waals surface area contributed by atoms with E-state index in [1.54, 1.807) is 10.7 Å². The fourth-order valence-corrected chi connectivity index (χ4v) is 3.94. The van der Waals surface area contributed by atoms with Gasteiger partial charge in [-0.15, -0.1) is 23.5 Å². The number of thiocarbonyl (C=S) groups is 2. The molecule has 1 aromatic rings. The van der Waals surface area contributed by atoms with Crippen LogP contribution in [-0.4, -0.2) is 21.2 Å². The minimum absolute atomic E-state index is 0.563. The Labute approximate surface area is 129 Å². The molecule has 0 spiro atoms. The number of benzene rings is 1. The van der Waals surface area contributed by atoms with Gasteiger partial charge in [-0.3, -0.25) is 0 Å². The first-order chi connectivity index (χ1) is 8.47. The standard InChI is InChI=1S/C14H18S4/c1-9(2)17-13-5-11(7-15)12(8-16)6-14(13)18-10(3)4/h5-10H,1-4H3. The van der Waals surface area contributed by atoms with Crippen LogP contribution in [0.2, 0.25) is 0 Å². The highest BCUT2D eigenvalue weighted by Crippen LogP contribution is 2.36. The molecule has 0 fully saturated rings. The van der Waals surface area contributed by atoms with Gasteiger partial charge in [0, 0.05) is 31.0 Å². The van der Waals surface area contributed by atoms with Crippen molar-refractivity contribution in [1.82, 2.24) is 0 Å². The number of hydrogen-bond acceptors (Lipinski definition) is 4. The molecular formula is C14H18S4.